The van der Waals surface area contributed by atoms with E-state index < -0.39 is 18.0 Å². The summed E-state index contributed by atoms with van der Waals surface area (Å²) in [6.07, 6.45) is -1.19. The van der Waals surface area contributed by atoms with Gasteiger partial charge in [-0.05, 0) is 29.8 Å². The first kappa shape index (κ1) is 19.6. The Morgan fingerprint density at radius 2 is 1.77 bits per heavy atom. The van der Waals surface area contributed by atoms with Crippen molar-refractivity contribution in [3.63, 3.8) is 0 Å². The third kappa shape index (κ3) is 4.31. The van der Waals surface area contributed by atoms with E-state index in [-0.39, 0.29) is 6.61 Å². The first-order valence-corrected chi connectivity index (χ1v) is 9.46. The van der Waals surface area contributed by atoms with Crippen LogP contribution in [0.4, 0.5) is 9.18 Å². The second-order valence-corrected chi connectivity index (χ2v) is 6.78. The van der Waals surface area contributed by atoms with Crippen LogP contribution in [0, 0.1) is 5.82 Å². The molecule has 0 aliphatic carbocycles. The minimum Gasteiger partial charge on any atom is -0.465 e. The number of amides is 1. The number of para-hydroxylation sites is 1. The van der Waals surface area contributed by atoms with Crippen molar-refractivity contribution >= 4 is 17.1 Å². The second kappa shape index (κ2) is 8.75. The van der Waals surface area contributed by atoms with E-state index in [1.807, 2.05) is 60.7 Å². The van der Waals surface area contributed by atoms with E-state index >= 15 is 0 Å². The molecule has 0 saturated heterocycles. The second-order valence-electron chi connectivity index (χ2n) is 6.78. The van der Waals surface area contributed by atoms with Crippen molar-refractivity contribution in [1.29, 1.82) is 0 Å². The fraction of sp³-hybridized carbons (Fsp3) is 0.130. The van der Waals surface area contributed by atoms with Gasteiger partial charge >= 0.3 is 6.09 Å². The van der Waals surface area contributed by atoms with Crippen molar-refractivity contribution in [2.45, 2.75) is 12.6 Å². The Morgan fingerprint density at radius 1 is 1.07 bits per heavy atom. The Morgan fingerprint density at radius 3 is 2.47 bits per heavy atom. The molecule has 4 rings (SSSR count). The number of rotatable bonds is 7. The quantitative estimate of drug-likeness (QED) is 0.468. The number of nitrogens with zero attached hydrogens (tertiary/aromatic N) is 2. The SMILES string of the molecule is O=C(O)N[C@@H](COCc1ccccc1)c1nc2ccc(F)cc2n1-c1ccccc1. The number of aromatic nitrogens is 2. The molecule has 1 aromatic heterocycles. The number of hydrogen-bond donors (Lipinski definition) is 2. The molecule has 0 radical (unpaired) electrons. The van der Waals surface area contributed by atoms with Gasteiger partial charge in [0.2, 0.25) is 0 Å². The summed E-state index contributed by atoms with van der Waals surface area (Å²) >= 11 is 0. The van der Waals surface area contributed by atoms with E-state index in [0.717, 1.165) is 11.3 Å². The molecule has 0 spiro atoms. The molecule has 1 heterocycles. The van der Waals surface area contributed by atoms with E-state index in [9.17, 15) is 14.3 Å². The first-order valence-electron chi connectivity index (χ1n) is 9.46. The van der Waals surface area contributed by atoms with Crippen LogP contribution < -0.4 is 5.32 Å². The lowest BCUT2D eigenvalue weighted by atomic mass is 10.2. The molecular weight excluding hydrogens is 385 g/mol. The molecule has 0 unspecified atom stereocenters. The third-order valence-corrected chi connectivity index (χ3v) is 4.66. The highest BCUT2D eigenvalue weighted by molar-refractivity contribution is 5.78. The Labute approximate surface area is 172 Å². The normalized spacial score (nSPS) is 12.0. The zero-order chi connectivity index (χ0) is 20.9. The maximum Gasteiger partial charge on any atom is 0.405 e. The van der Waals surface area contributed by atoms with Gasteiger partial charge in [0, 0.05) is 11.8 Å². The number of nitrogens with one attached hydrogen (secondary N) is 1. The number of fused-ring (bicyclic) bond motifs is 1. The van der Waals surface area contributed by atoms with Crippen LogP contribution in [-0.4, -0.2) is 27.4 Å². The maximum atomic E-state index is 14.0. The minimum absolute atomic E-state index is 0.0693. The molecule has 6 nitrogen and oxygen atoms in total. The molecule has 0 fully saturated rings. The van der Waals surface area contributed by atoms with E-state index in [1.54, 1.807) is 10.6 Å². The highest BCUT2D eigenvalue weighted by Crippen LogP contribution is 2.26. The number of benzene rings is 3. The van der Waals surface area contributed by atoms with Crippen LogP contribution >= 0.6 is 0 Å². The van der Waals surface area contributed by atoms with Gasteiger partial charge in [-0.2, -0.15) is 0 Å². The summed E-state index contributed by atoms with van der Waals surface area (Å²) in [6, 6.07) is 22.5. The summed E-state index contributed by atoms with van der Waals surface area (Å²) in [5.41, 5.74) is 2.85. The molecule has 1 atom stereocenters. The molecule has 1 amide bonds. The van der Waals surface area contributed by atoms with E-state index in [2.05, 4.69) is 10.3 Å². The number of imidazole rings is 1. The Kier molecular flexibility index (Phi) is 5.72. The van der Waals surface area contributed by atoms with Crippen LogP contribution in [0.3, 0.4) is 0 Å². The fourth-order valence-electron chi connectivity index (χ4n) is 3.35. The van der Waals surface area contributed by atoms with Crippen LogP contribution in [0.5, 0.6) is 0 Å². The van der Waals surface area contributed by atoms with E-state index in [0.29, 0.717) is 23.5 Å². The average Bonchev–Trinajstić information content (AvgIpc) is 3.12. The van der Waals surface area contributed by atoms with Gasteiger partial charge < -0.3 is 15.2 Å². The molecule has 0 aliphatic heterocycles. The Bertz CT molecular complexity index is 1150. The predicted molar refractivity (Wildman–Crippen MR) is 111 cm³/mol. The van der Waals surface area contributed by atoms with Crippen LogP contribution in [0.2, 0.25) is 0 Å². The molecule has 7 heteroatoms. The van der Waals surface area contributed by atoms with Crippen LogP contribution in [-0.2, 0) is 11.3 Å². The van der Waals surface area contributed by atoms with E-state index in [1.165, 1.54) is 12.1 Å². The van der Waals surface area contributed by atoms with E-state index in [4.69, 9.17) is 4.74 Å². The van der Waals surface area contributed by atoms with Gasteiger partial charge in [-0.15, -0.1) is 0 Å². The molecule has 152 valence electrons. The van der Waals surface area contributed by atoms with Gasteiger partial charge in [-0.25, -0.2) is 14.2 Å². The number of hydrogen-bond acceptors (Lipinski definition) is 3. The number of carboxylic acid groups (broad SMARTS) is 1. The fourth-order valence-corrected chi connectivity index (χ4v) is 3.35. The maximum absolute atomic E-state index is 14.0. The van der Waals surface area contributed by atoms with Gasteiger partial charge in [0.15, 0.2) is 0 Å². The smallest absolute Gasteiger partial charge is 0.405 e. The van der Waals surface area contributed by atoms with Crippen LogP contribution in [0.15, 0.2) is 78.9 Å². The summed E-state index contributed by atoms with van der Waals surface area (Å²) in [6.45, 7) is 0.401. The Balaban J connectivity index is 1.72. The molecule has 2 N–H and O–H groups in total. The van der Waals surface area contributed by atoms with Crippen molar-refractivity contribution in [1.82, 2.24) is 14.9 Å². The predicted octanol–water partition coefficient (Wildman–Crippen LogP) is 4.69. The number of ether oxygens (including phenoxy) is 1. The molecule has 0 bridgehead atoms. The summed E-state index contributed by atoms with van der Waals surface area (Å²) < 4.78 is 21.5. The standard InChI is InChI=1S/C23H20FN3O3/c24-17-11-12-19-21(13-17)27(18-9-5-2-6-10-18)22(25-19)20(26-23(28)29)15-30-14-16-7-3-1-4-8-16/h1-13,20,26H,14-15H2,(H,28,29)/t20-/m0/s1. The summed E-state index contributed by atoms with van der Waals surface area (Å²) in [5.74, 6) is 0.0338. The Hall–Kier alpha value is -3.71. The van der Waals surface area contributed by atoms with Gasteiger partial charge in [0.25, 0.3) is 0 Å². The van der Waals surface area contributed by atoms with Crippen molar-refractivity contribution in [3.05, 3.63) is 96.1 Å². The largest absolute Gasteiger partial charge is 0.465 e. The zero-order valence-corrected chi connectivity index (χ0v) is 16.0. The number of halogens is 1. The molecular formula is C23H20FN3O3. The van der Waals surface area contributed by atoms with Gasteiger partial charge in [0.1, 0.15) is 17.7 Å². The van der Waals surface area contributed by atoms with Gasteiger partial charge in [-0.3, -0.25) is 4.57 Å². The van der Waals surface area contributed by atoms with Gasteiger partial charge in [-0.1, -0.05) is 48.5 Å². The minimum atomic E-state index is -1.19. The van der Waals surface area contributed by atoms with Crippen LogP contribution in [0.25, 0.3) is 16.7 Å². The summed E-state index contributed by atoms with van der Waals surface area (Å²) in [7, 11) is 0. The molecule has 30 heavy (non-hydrogen) atoms. The van der Waals surface area contributed by atoms with Crippen molar-refractivity contribution < 1.29 is 19.0 Å². The van der Waals surface area contributed by atoms with Crippen molar-refractivity contribution in [3.8, 4) is 5.69 Å². The lowest BCUT2D eigenvalue weighted by molar-refractivity contribution is 0.0941. The summed E-state index contributed by atoms with van der Waals surface area (Å²) in [4.78, 5) is 16.1. The molecule has 3 aromatic carbocycles. The lowest BCUT2D eigenvalue weighted by Gasteiger charge is -2.19. The monoisotopic (exact) mass is 405 g/mol. The lowest BCUT2D eigenvalue weighted by Crippen LogP contribution is -2.32. The first-order chi connectivity index (χ1) is 14.6. The highest BCUT2D eigenvalue weighted by Gasteiger charge is 2.23. The van der Waals surface area contributed by atoms with Crippen molar-refractivity contribution in [2.24, 2.45) is 0 Å². The van der Waals surface area contributed by atoms with Crippen LogP contribution in [0.1, 0.15) is 17.4 Å². The van der Waals surface area contributed by atoms with Crippen molar-refractivity contribution in [2.75, 3.05) is 6.61 Å². The highest BCUT2D eigenvalue weighted by atomic mass is 19.1. The molecule has 0 aliphatic rings. The zero-order valence-electron chi connectivity index (χ0n) is 16.0. The third-order valence-electron chi connectivity index (χ3n) is 4.66. The topological polar surface area (TPSA) is 76.4 Å². The molecule has 4 aromatic rings. The van der Waals surface area contributed by atoms with Gasteiger partial charge in [0.05, 0.1) is 24.2 Å². The molecule has 0 saturated carbocycles. The number of carbonyl (C=O) groups is 1. The summed E-state index contributed by atoms with van der Waals surface area (Å²) in [5, 5.41) is 11.9. The average molecular weight is 405 g/mol.